The van der Waals surface area contributed by atoms with Crippen molar-refractivity contribution in [2.45, 2.75) is 31.6 Å². The molecule has 0 spiro atoms. The van der Waals surface area contributed by atoms with E-state index < -0.39 is 10.0 Å². The van der Waals surface area contributed by atoms with Gasteiger partial charge in [-0.15, -0.1) is 0 Å². The number of rotatable bonds is 5. The number of hydrogen-bond donors (Lipinski definition) is 1. The van der Waals surface area contributed by atoms with E-state index >= 15 is 0 Å². The Balaban J connectivity index is 1.92. The summed E-state index contributed by atoms with van der Waals surface area (Å²) in [6, 6.07) is 11.6. The molecule has 1 unspecified atom stereocenters. The van der Waals surface area contributed by atoms with E-state index in [2.05, 4.69) is 11.6 Å². The van der Waals surface area contributed by atoms with Crippen molar-refractivity contribution < 1.29 is 17.9 Å². The van der Waals surface area contributed by atoms with Crippen LogP contribution >= 0.6 is 0 Å². The fraction of sp³-hybridized carbons (Fsp3) is 0.381. The van der Waals surface area contributed by atoms with Crippen molar-refractivity contribution in [1.82, 2.24) is 4.90 Å². The molecule has 0 aliphatic carbocycles. The number of anilines is 1. The SMILES string of the molecule is COc1ccc(C(=O)N2CCCC(C)C2)cc1S(=O)(=O)Nc1ccc(C)cc1. The van der Waals surface area contributed by atoms with Gasteiger partial charge in [-0.1, -0.05) is 24.6 Å². The van der Waals surface area contributed by atoms with Crippen LogP contribution in [0, 0.1) is 12.8 Å². The fourth-order valence-electron chi connectivity index (χ4n) is 3.41. The molecule has 3 rings (SSSR count). The number of amides is 1. The average molecular weight is 403 g/mol. The van der Waals surface area contributed by atoms with Gasteiger partial charge in [0.05, 0.1) is 7.11 Å². The lowest BCUT2D eigenvalue weighted by Gasteiger charge is -2.31. The van der Waals surface area contributed by atoms with Crippen molar-refractivity contribution in [2.24, 2.45) is 5.92 Å². The lowest BCUT2D eigenvalue weighted by atomic mass is 9.99. The van der Waals surface area contributed by atoms with Crippen LogP contribution in [0.2, 0.25) is 0 Å². The first-order valence-electron chi connectivity index (χ1n) is 9.37. The first-order chi connectivity index (χ1) is 13.3. The molecule has 1 atom stereocenters. The van der Waals surface area contributed by atoms with Crippen LogP contribution in [-0.2, 0) is 10.0 Å². The summed E-state index contributed by atoms with van der Waals surface area (Å²) in [4.78, 5) is 14.6. The maximum Gasteiger partial charge on any atom is 0.265 e. The Morgan fingerprint density at radius 2 is 1.89 bits per heavy atom. The zero-order chi connectivity index (χ0) is 20.3. The predicted molar refractivity (Wildman–Crippen MR) is 109 cm³/mol. The second kappa shape index (κ2) is 8.22. The number of benzene rings is 2. The summed E-state index contributed by atoms with van der Waals surface area (Å²) < 4.78 is 33.7. The van der Waals surface area contributed by atoms with Crippen LogP contribution < -0.4 is 9.46 Å². The molecular formula is C21H26N2O4S. The number of nitrogens with one attached hydrogen (secondary N) is 1. The summed E-state index contributed by atoms with van der Waals surface area (Å²) >= 11 is 0. The van der Waals surface area contributed by atoms with Crippen molar-refractivity contribution in [3.63, 3.8) is 0 Å². The topological polar surface area (TPSA) is 75.7 Å². The van der Waals surface area contributed by atoms with Gasteiger partial charge in [-0.25, -0.2) is 8.42 Å². The van der Waals surface area contributed by atoms with Gasteiger partial charge in [0.15, 0.2) is 0 Å². The van der Waals surface area contributed by atoms with Crippen molar-refractivity contribution in [3.05, 3.63) is 53.6 Å². The molecule has 1 N–H and O–H groups in total. The maximum atomic E-state index is 13.0. The van der Waals surface area contributed by atoms with E-state index in [0.29, 0.717) is 30.3 Å². The third-order valence-corrected chi connectivity index (χ3v) is 6.35. The molecule has 1 heterocycles. The Morgan fingerprint density at radius 1 is 1.18 bits per heavy atom. The molecule has 1 aliphatic rings. The molecule has 6 nitrogen and oxygen atoms in total. The molecule has 1 fully saturated rings. The summed E-state index contributed by atoms with van der Waals surface area (Å²) in [5.74, 6) is 0.492. The van der Waals surface area contributed by atoms with Gasteiger partial charge in [0.1, 0.15) is 10.6 Å². The lowest BCUT2D eigenvalue weighted by molar-refractivity contribution is 0.0682. The Bertz CT molecular complexity index is 955. The van der Waals surface area contributed by atoms with Gasteiger partial charge in [0, 0.05) is 24.3 Å². The molecular weight excluding hydrogens is 376 g/mol. The van der Waals surface area contributed by atoms with E-state index in [0.717, 1.165) is 18.4 Å². The van der Waals surface area contributed by atoms with Crippen LogP contribution in [0.5, 0.6) is 5.75 Å². The number of nitrogens with zero attached hydrogens (tertiary/aromatic N) is 1. The number of piperidine rings is 1. The minimum Gasteiger partial charge on any atom is -0.495 e. The summed E-state index contributed by atoms with van der Waals surface area (Å²) in [5, 5.41) is 0. The van der Waals surface area contributed by atoms with E-state index in [-0.39, 0.29) is 16.6 Å². The van der Waals surface area contributed by atoms with E-state index in [1.54, 1.807) is 23.1 Å². The monoisotopic (exact) mass is 402 g/mol. The van der Waals surface area contributed by atoms with Gasteiger partial charge in [-0.3, -0.25) is 9.52 Å². The lowest BCUT2D eigenvalue weighted by Crippen LogP contribution is -2.39. The first kappa shape index (κ1) is 20.2. The van der Waals surface area contributed by atoms with Gasteiger partial charge >= 0.3 is 0 Å². The Hall–Kier alpha value is -2.54. The number of carbonyl (C=O) groups excluding carboxylic acids is 1. The summed E-state index contributed by atoms with van der Waals surface area (Å²) in [6.45, 7) is 5.43. The number of ether oxygens (including phenoxy) is 1. The first-order valence-corrected chi connectivity index (χ1v) is 10.9. The predicted octanol–water partition coefficient (Wildman–Crippen LogP) is 3.68. The summed E-state index contributed by atoms with van der Waals surface area (Å²) in [6.07, 6.45) is 2.07. The van der Waals surface area contributed by atoms with Crippen LogP contribution in [0.15, 0.2) is 47.4 Å². The van der Waals surface area contributed by atoms with Crippen molar-refractivity contribution in [1.29, 1.82) is 0 Å². The minimum absolute atomic E-state index is 0.0496. The van der Waals surface area contributed by atoms with E-state index in [1.807, 2.05) is 19.1 Å². The molecule has 1 aliphatic heterocycles. The van der Waals surface area contributed by atoms with Crippen LogP contribution in [0.3, 0.4) is 0 Å². The number of likely N-dealkylation sites (tertiary alicyclic amines) is 1. The minimum atomic E-state index is -3.91. The highest BCUT2D eigenvalue weighted by Crippen LogP contribution is 2.28. The number of aryl methyl sites for hydroxylation is 1. The number of sulfonamides is 1. The van der Waals surface area contributed by atoms with Gasteiger partial charge in [0.25, 0.3) is 15.9 Å². The normalized spacial score (nSPS) is 17.2. The maximum absolute atomic E-state index is 13.0. The van der Waals surface area contributed by atoms with E-state index in [4.69, 9.17) is 4.74 Å². The summed E-state index contributed by atoms with van der Waals surface area (Å²) in [5.41, 5.74) is 1.83. The smallest absolute Gasteiger partial charge is 0.265 e. The average Bonchev–Trinajstić information content (AvgIpc) is 2.68. The Morgan fingerprint density at radius 3 is 2.54 bits per heavy atom. The number of carbonyl (C=O) groups is 1. The van der Waals surface area contributed by atoms with Gasteiger partial charge in [0.2, 0.25) is 0 Å². The van der Waals surface area contributed by atoms with Crippen molar-refractivity contribution in [3.8, 4) is 5.75 Å². The zero-order valence-corrected chi connectivity index (χ0v) is 17.3. The van der Waals surface area contributed by atoms with Gasteiger partial charge < -0.3 is 9.64 Å². The molecule has 1 saturated heterocycles. The number of methoxy groups -OCH3 is 1. The molecule has 2 aromatic carbocycles. The molecule has 0 saturated carbocycles. The van der Waals surface area contributed by atoms with E-state index in [9.17, 15) is 13.2 Å². The molecule has 0 aromatic heterocycles. The molecule has 0 radical (unpaired) electrons. The highest BCUT2D eigenvalue weighted by Gasteiger charge is 2.26. The van der Waals surface area contributed by atoms with Crippen LogP contribution in [0.25, 0.3) is 0 Å². The third-order valence-electron chi connectivity index (χ3n) is 4.95. The molecule has 28 heavy (non-hydrogen) atoms. The van der Waals surface area contributed by atoms with Crippen LogP contribution in [0.4, 0.5) is 5.69 Å². The molecule has 0 bridgehead atoms. The second-order valence-corrected chi connectivity index (χ2v) is 8.99. The molecule has 150 valence electrons. The highest BCUT2D eigenvalue weighted by molar-refractivity contribution is 7.92. The standard InChI is InChI=1S/C21H26N2O4S/c1-15-6-9-18(10-7-15)22-28(25,26)20-13-17(8-11-19(20)27-3)21(24)23-12-4-5-16(2)14-23/h6-11,13,16,22H,4-5,12,14H2,1-3H3. The molecule has 7 heteroatoms. The largest absolute Gasteiger partial charge is 0.495 e. The number of hydrogen-bond acceptors (Lipinski definition) is 4. The van der Waals surface area contributed by atoms with Gasteiger partial charge in [-0.05, 0) is 56.0 Å². The second-order valence-electron chi connectivity index (χ2n) is 7.34. The van der Waals surface area contributed by atoms with E-state index in [1.165, 1.54) is 19.2 Å². The van der Waals surface area contributed by atoms with Gasteiger partial charge in [-0.2, -0.15) is 0 Å². The van der Waals surface area contributed by atoms with Crippen molar-refractivity contribution in [2.75, 3.05) is 24.9 Å². The Kier molecular flexibility index (Phi) is 5.93. The summed E-state index contributed by atoms with van der Waals surface area (Å²) in [7, 11) is -2.50. The van der Waals surface area contributed by atoms with Crippen LogP contribution in [-0.4, -0.2) is 39.4 Å². The third kappa shape index (κ3) is 4.47. The van der Waals surface area contributed by atoms with Crippen molar-refractivity contribution >= 4 is 21.6 Å². The fourth-order valence-corrected chi connectivity index (χ4v) is 4.66. The van der Waals surface area contributed by atoms with Crippen LogP contribution in [0.1, 0.15) is 35.7 Å². The molecule has 1 amide bonds. The Labute approximate surface area is 166 Å². The quantitative estimate of drug-likeness (QED) is 0.828. The zero-order valence-electron chi connectivity index (χ0n) is 16.4. The highest BCUT2D eigenvalue weighted by atomic mass is 32.2. The molecule has 2 aromatic rings.